The van der Waals surface area contributed by atoms with E-state index in [1.165, 1.54) is 0 Å². The molecule has 2 bridgehead atoms. The quantitative estimate of drug-likeness (QED) is 0.521. The average Bonchev–Trinajstić information content (AvgIpc) is 2.87. The number of amides is 2. The van der Waals surface area contributed by atoms with Crippen molar-refractivity contribution < 1.29 is 19.5 Å². The number of carbonyl (C=O) groups excluding carboxylic acids is 2. The summed E-state index contributed by atoms with van der Waals surface area (Å²) >= 11 is 0. The Labute approximate surface area is 91.7 Å². The maximum atomic E-state index is 11.9. The van der Waals surface area contributed by atoms with Gasteiger partial charge in [0.25, 0.3) is 0 Å². The van der Waals surface area contributed by atoms with Gasteiger partial charge in [-0.1, -0.05) is 12.2 Å². The summed E-state index contributed by atoms with van der Waals surface area (Å²) in [5.74, 6) is -2.02. The van der Waals surface area contributed by atoms with Crippen LogP contribution in [0.2, 0.25) is 0 Å². The van der Waals surface area contributed by atoms with Gasteiger partial charge in [-0.25, -0.2) is 0 Å². The summed E-state index contributed by atoms with van der Waals surface area (Å²) in [5, 5.41) is 8.66. The molecule has 2 fully saturated rings. The van der Waals surface area contributed by atoms with Crippen LogP contribution in [0.5, 0.6) is 0 Å². The molecule has 4 atom stereocenters. The number of allylic oxidation sites excluding steroid dienone is 2. The second kappa shape index (κ2) is 2.93. The Hall–Kier alpha value is -1.65. The molecule has 1 saturated carbocycles. The summed E-state index contributed by atoms with van der Waals surface area (Å²) in [6.07, 6.45) is 4.84. The number of carboxylic acid groups (broad SMARTS) is 1. The average molecular weight is 221 g/mol. The summed E-state index contributed by atoms with van der Waals surface area (Å²) in [5.41, 5.74) is 0. The standard InChI is InChI=1S/C11H11NO4/c13-7(14)4-12-10(15)8-5-1-2-6(3-5)9(8)11(12)16/h1-2,5-6,8-9H,3-4H2,(H,13,14)/t5-,6+,8?,9?. The molecule has 0 radical (unpaired) electrons. The van der Waals surface area contributed by atoms with E-state index in [2.05, 4.69) is 0 Å². The van der Waals surface area contributed by atoms with Gasteiger partial charge in [-0.3, -0.25) is 19.3 Å². The zero-order valence-corrected chi connectivity index (χ0v) is 8.50. The number of hydrogen-bond acceptors (Lipinski definition) is 3. The number of likely N-dealkylation sites (tertiary alicyclic amines) is 1. The molecule has 3 rings (SSSR count). The highest BCUT2D eigenvalue weighted by Gasteiger charge is 2.59. The van der Waals surface area contributed by atoms with Gasteiger partial charge in [0.2, 0.25) is 11.8 Å². The number of carboxylic acids is 1. The Balaban J connectivity index is 1.91. The summed E-state index contributed by atoms with van der Waals surface area (Å²) < 4.78 is 0. The van der Waals surface area contributed by atoms with E-state index in [0.717, 1.165) is 11.3 Å². The van der Waals surface area contributed by atoms with Crippen LogP contribution in [-0.4, -0.2) is 34.3 Å². The molecular weight excluding hydrogens is 210 g/mol. The molecule has 84 valence electrons. The molecule has 5 heteroatoms. The Morgan fingerprint density at radius 2 is 1.75 bits per heavy atom. The topological polar surface area (TPSA) is 74.7 Å². The molecule has 16 heavy (non-hydrogen) atoms. The lowest BCUT2D eigenvalue weighted by Gasteiger charge is -2.14. The molecular formula is C11H11NO4. The van der Waals surface area contributed by atoms with Crippen molar-refractivity contribution in [3.8, 4) is 0 Å². The third-order valence-electron chi connectivity index (χ3n) is 3.86. The second-order valence-corrected chi connectivity index (χ2v) is 4.66. The van der Waals surface area contributed by atoms with Crippen molar-refractivity contribution in [1.29, 1.82) is 0 Å². The predicted molar refractivity (Wildman–Crippen MR) is 52.1 cm³/mol. The van der Waals surface area contributed by atoms with E-state index in [1.807, 2.05) is 12.2 Å². The predicted octanol–water partition coefficient (Wildman–Crippen LogP) is -0.122. The SMILES string of the molecule is O=C(O)CN1C(=O)C2C(C1=O)[C@H]1C=C[C@@H]2C1. The summed E-state index contributed by atoms with van der Waals surface area (Å²) in [4.78, 5) is 35.4. The van der Waals surface area contributed by atoms with Crippen LogP contribution >= 0.6 is 0 Å². The van der Waals surface area contributed by atoms with E-state index in [-0.39, 0.29) is 35.5 Å². The van der Waals surface area contributed by atoms with Crippen LogP contribution in [0.25, 0.3) is 0 Å². The van der Waals surface area contributed by atoms with Crippen molar-refractivity contribution >= 4 is 17.8 Å². The number of imide groups is 1. The fourth-order valence-corrected chi connectivity index (χ4v) is 3.26. The van der Waals surface area contributed by atoms with Crippen LogP contribution in [0.3, 0.4) is 0 Å². The van der Waals surface area contributed by atoms with Crippen molar-refractivity contribution in [2.24, 2.45) is 23.7 Å². The van der Waals surface area contributed by atoms with Gasteiger partial charge in [0.05, 0.1) is 11.8 Å². The number of rotatable bonds is 2. The molecule has 1 N–H and O–H groups in total. The lowest BCUT2D eigenvalue weighted by molar-refractivity contribution is -0.149. The van der Waals surface area contributed by atoms with Crippen molar-refractivity contribution in [1.82, 2.24) is 4.90 Å². The van der Waals surface area contributed by atoms with Gasteiger partial charge < -0.3 is 5.11 Å². The normalized spacial score (nSPS) is 39.6. The van der Waals surface area contributed by atoms with E-state index >= 15 is 0 Å². The zero-order chi connectivity index (χ0) is 11.4. The largest absolute Gasteiger partial charge is 0.480 e. The zero-order valence-electron chi connectivity index (χ0n) is 8.50. The molecule has 1 saturated heterocycles. The van der Waals surface area contributed by atoms with Crippen LogP contribution in [0, 0.1) is 23.7 Å². The maximum Gasteiger partial charge on any atom is 0.323 e. The van der Waals surface area contributed by atoms with E-state index in [4.69, 9.17) is 5.11 Å². The van der Waals surface area contributed by atoms with Crippen molar-refractivity contribution in [3.05, 3.63) is 12.2 Å². The van der Waals surface area contributed by atoms with Crippen molar-refractivity contribution in [2.45, 2.75) is 6.42 Å². The lowest BCUT2D eigenvalue weighted by atomic mass is 9.85. The first kappa shape index (κ1) is 9.57. The summed E-state index contributed by atoms with van der Waals surface area (Å²) in [6.45, 7) is -0.496. The first-order chi connectivity index (χ1) is 7.59. The van der Waals surface area contributed by atoms with E-state index in [9.17, 15) is 14.4 Å². The van der Waals surface area contributed by atoms with Crippen LogP contribution < -0.4 is 0 Å². The fraction of sp³-hybridized carbons (Fsp3) is 0.545. The first-order valence-corrected chi connectivity index (χ1v) is 5.35. The molecule has 5 nitrogen and oxygen atoms in total. The number of nitrogens with zero attached hydrogens (tertiary/aromatic N) is 1. The van der Waals surface area contributed by atoms with Crippen LogP contribution in [0.1, 0.15) is 6.42 Å². The fourth-order valence-electron chi connectivity index (χ4n) is 3.26. The minimum Gasteiger partial charge on any atom is -0.480 e. The minimum atomic E-state index is -1.14. The Morgan fingerprint density at radius 3 is 2.19 bits per heavy atom. The molecule has 0 aromatic rings. The smallest absolute Gasteiger partial charge is 0.323 e. The molecule has 0 aromatic heterocycles. The Morgan fingerprint density at radius 1 is 1.25 bits per heavy atom. The number of aliphatic carboxylic acids is 1. The highest BCUT2D eigenvalue weighted by Crippen LogP contribution is 2.52. The highest BCUT2D eigenvalue weighted by atomic mass is 16.4. The van der Waals surface area contributed by atoms with Gasteiger partial charge >= 0.3 is 5.97 Å². The second-order valence-electron chi connectivity index (χ2n) is 4.66. The number of fused-ring (bicyclic) bond motifs is 5. The molecule has 2 amide bonds. The number of carbonyl (C=O) groups is 3. The molecule has 2 unspecified atom stereocenters. The van der Waals surface area contributed by atoms with Gasteiger partial charge in [-0.15, -0.1) is 0 Å². The van der Waals surface area contributed by atoms with E-state index in [0.29, 0.717) is 0 Å². The molecule has 0 aromatic carbocycles. The molecule has 1 heterocycles. The molecule has 0 spiro atoms. The van der Waals surface area contributed by atoms with Gasteiger partial charge in [0, 0.05) is 0 Å². The molecule has 3 aliphatic rings. The van der Waals surface area contributed by atoms with Gasteiger partial charge in [0.1, 0.15) is 6.54 Å². The van der Waals surface area contributed by atoms with E-state index < -0.39 is 12.5 Å². The van der Waals surface area contributed by atoms with Crippen LogP contribution in [-0.2, 0) is 14.4 Å². The summed E-state index contributed by atoms with van der Waals surface area (Å²) in [6, 6.07) is 0. The first-order valence-electron chi connectivity index (χ1n) is 5.35. The lowest BCUT2D eigenvalue weighted by Crippen LogP contribution is -2.37. The van der Waals surface area contributed by atoms with Crippen LogP contribution in [0.15, 0.2) is 12.2 Å². The van der Waals surface area contributed by atoms with Crippen molar-refractivity contribution in [2.75, 3.05) is 6.54 Å². The maximum absolute atomic E-state index is 11.9. The summed E-state index contributed by atoms with van der Waals surface area (Å²) in [7, 11) is 0. The van der Waals surface area contributed by atoms with Gasteiger partial charge in [-0.2, -0.15) is 0 Å². The Bertz CT molecular complexity index is 398. The Kier molecular flexibility index (Phi) is 1.75. The van der Waals surface area contributed by atoms with Gasteiger partial charge in [0.15, 0.2) is 0 Å². The van der Waals surface area contributed by atoms with E-state index in [1.54, 1.807) is 0 Å². The van der Waals surface area contributed by atoms with Crippen molar-refractivity contribution in [3.63, 3.8) is 0 Å². The van der Waals surface area contributed by atoms with Crippen LogP contribution in [0.4, 0.5) is 0 Å². The minimum absolute atomic E-state index is 0.144. The third kappa shape index (κ3) is 1.03. The molecule has 2 aliphatic carbocycles. The number of hydrogen-bond donors (Lipinski definition) is 1. The highest BCUT2D eigenvalue weighted by molar-refractivity contribution is 6.08. The monoisotopic (exact) mass is 221 g/mol. The third-order valence-corrected chi connectivity index (χ3v) is 3.86. The molecule has 1 aliphatic heterocycles. The van der Waals surface area contributed by atoms with Gasteiger partial charge in [-0.05, 0) is 18.3 Å².